The topological polar surface area (TPSA) is 270 Å². The van der Waals surface area contributed by atoms with E-state index in [0.717, 1.165) is 59.8 Å². The molecule has 0 bridgehead atoms. The predicted octanol–water partition coefficient (Wildman–Crippen LogP) is 4.15. The summed E-state index contributed by atoms with van der Waals surface area (Å²) in [5.41, 5.74) is 15.7. The number of carbonyl (C=O) groups excluding carboxylic acids is 4. The normalized spacial score (nSPS) is 18.7. The summed E-state index contributed by atoms with van der Waals surface area (Å²) in [6, 6.07) is 10.3. The molecule has 8 heterocycles. The minimum atomic E-state index is -0.694. The van der Waals surface area contributed by atoms with Gasteiger partial charge in [-0.25, -0.2) is 19.3 Å². The van der Waals surface area contributed by atoms with Crippen LogP contribution < -0.4 is 22.1 Å². The SMILES string of the molecule is CCc1cc(NC(=O)C(=O)N2C[C@@H](C)CC[C@@H]2c2ccn(-c3ccn[nH]3)n2)cnc1N.CCc1cc(NC(=O)C(=O)N2C[C@H](C)CC[C@H]2c2ccn(-c3ccn[nH]3)n2)cnc1N. The first-order valence-electron chi connectivity index (χ1n) is 20.8. The molecular formula is C42H52N16O4. The molecule has 4 atom stereocenters. The molecule has 0 unspecified atom stereocenters. The largest absolute Gasteiger partial charge is 0.383 e. The van der Waals surface area contributed by atoms with Crippen LogP contribution in [0, 0.1) is 11.8 Å². The quantitative estimate of drug-likeness (QED) is 0.118. The summed E-state index contributed by atoms with van der Waals surface area (Å²) >= 11 is 0. The third-order valence-electron chi connectivity index (χ3n) is 11.2. The molecule has 2 aliphatic heterocycles. The molecule has 2 saturated heterocycles. The second kappa shape index (κ2) is 18.9. The third-order valence-corrected chi connectivity index (χ3v) is 11.2. The van der Waals surface area contributed by atoms with E-state index in [-0.39, 0.29) is 12.1 Å². The second-order valence-electron chi connectivity index (χ2n) is 15.7. The Bertz CT molecular complexity index is 2320. The van der Waals surface area contributed by atoms with Gasteiger partial charge in [0.05, 0.1) is 59.6 Å². The molecule has 2 fully saturated rings. The lowest BCUT2D eigenvalue weighted by molar-refractivity contribution is -0.146. The minimum absolute atomic E-state index is 0.269. The summed E-state index contributed by atoms with van der Waals surface area (Å²) in [5.74, 6) is 0.350. The van der Waals surface area contributed by atoms with Gasteiger partial charge in [0.1, 0.15) is 23.3 Å². The van der Waals surface area contributed by atoms with Crippen molar-refractivity contribution < 1.29 is 19.2 Å². The highest BCUT2D eigenvalue weighted by Gasteiger charge is 2.37. The van der Waals surface area contributed by atoms with Crippen molar-refractivity contribution in [2.45, 2.75) is 78.3 Å². The molecule has 0 aromatic carbocycles. The Labute approximate surface area is 357 Å². The van der Waals surface area contributed by atoms with Crippen LogP contribution in [0.2, 0.25) is 0 Å². The van der Waals surface area contributed by atoms with Crippen molar-refractivity contribution in [3.8, 4) is 11.6 Å². The maximum absolute atomic E-state index is 13.1. The van der Waals surface area contributed by atoms with Gasteiger partial charge in [0.25, 0.3) is 0 Å². The number of aromatic nitrogens is 10. The van der Waals surface area contributed by atoms with Crippen molar-refractivity contribution in [3.63, 3.8) is 0 Å². The maximum Gasteiger partial charge on any atom is 0.313 e. The van der Waals surface area contributed by atoms with E-state index < -0.39 is 23.6 Å². The van der Waals surface area contributed by atoms with E-state index in [9.17, 15) is 19.2 Å². The van der Waals surface area contributed by atoms with Crippen LogP contribution in [0.3, 0.4) is 0 Å². The number of nitrogens with zero attached hydrogens (tertiary/aromatic N) is 10. The molecule has 0 saturated carbocycles. The molecule has 0 spiro atoms. The Morgan fingerprint density at radius 2 is 1.08 bits per heavy atom. The Hall–Kier alpha value is -7.38. The Balaban J connectivity index is 0.000000186. The molecular weight excluding hydrogens is 793 g/mol. The van der Waals surface area contributed by atoms with Gasteiger partial charge in [-0.15, -0.1) is 0 Å². The summed E-state index contributed by atoms with van der Waals surface area (Å²) < 4.78 is 3.35. The van der Waals surface area contributed by atoms with Crippen molar-refractivity contribution >= 4 is 46.6 Å². The summed E-state index contributed by atoms with van der Waals surface area (Å²) in [6.45, 7) is 9.05. The number of anilines is 4. The first kappa shape index (κ1) is 42.7. The van der Waals surface area contributed by atoms with Gasteiger partial charge >= 0.3 is 23.6 Å². The molecule has 20 heteroatoms. The molecule has 0 radical (unpaired) electrons. The number of hydrogen-bond acceptors (Lipinski definition) is 12. The Morgan fingerprint density at radius 3 is 1.45 bits per heavy atom. The van der Waals surface area contributed by atoms with Crippen LogP contribution in [-0.4, -0.2) is 96.4 Å². The van der Waals surface area contributed by atoms with E-state index >= 15 is 0 Å². The van der Waals surface area contributed by atoms with Gasteiger partial charge in [0, 0.05) is 37.6 Å². The summed E-state index contributed by atoms with van der Waals surface area (Å²) in [7, 11) is 0. The molecule has 0 aliphatic carbocycles. The number of likely N-dealkylation sites (tertiary alicyclic amines) is 2. The lowest BCUT2D eigenvalue weighted by Crippen LogP contribution is -2.46. The van der Waals surface area contributed by atoms with Crippen molar-refractivity contribution in [2.75, 3.05) is 35.2 Å². The first-order valence-corrected chi connectivity index (χ1v) is 20.8. The molecule has 8 rings (SSSR count). The van der Waals surface area contributed by atoms with Gasteiger partial charge in [-0.05, 0) is 85.8 Å². The molecule has 6 aromatic rings. The van der Waals surface area contributed by atoms with Crippen LogP contribution in [0.4, 0.5) is 23.0 Å². The number of amides is 4. The zero-order valence-electron chi connectivity index (χ0n) is 35.2. The number of hydrogen-bond donors (Lipinski definition) is 6. The number of aryl methyl sites for hydroxylation is 2. The van der Waals surface area contributed by atoms with E-state index in [1.165, 1.54) is 12.4 Å². The lowest BCUT2D eigenvalue weighted by Gasteiger charge is -2.37. The number of nitrogens with one attached hydrogen (secondary N) is 4. The van der Waals surface area contributed by atoms with Crippen molar-refractivity contribution in [2.24, 2.45) is 11.8 Å². The van der Waals surface area contributed by atoms with Gasteiger partial charge < -0.3 is 31.9 Å². The first-order chi connectivity index (χ1) is 29.9. The average Bonchev–Trinajstić information content (AvgIpc) is 4.13. The zero-order valence-corrected chi connectivity index (χ0v) is 35.2. The minimum Gasteiger partial charge on any atom is -0.383 e. The van der Waals surface area contributed by atoms with E-state index in [4.69, 9.17) is 11.5 Å². The monoisotopic (exact) mass is 844 g/mol. The van der Waals surface area contributed by atoms with Gasteiger partial charge in [0.2, 0.25) is 0 Å². The summed E-state index contributed by atoms with van der Waals surface area (Å²) in [6.07, 6.45) is 14.6. The standard InChI is InChI=1S/2C21H26N8O2/c2*1-3-14-10-15(11-23-19(14)22)25-20(30)21(31)28-12-13(2)4-5-17(28)16-7-9-29(27-16)18-6-8-24-26-18/h2*6-11,13,17H,3-5,12H2,1-2H3,(H2,22,23)(H,24,26)(H,25,30)/t2*13-,17+/m10/s1. The van der Waals surface area contributed by atoms with E-state index in [1.807, 2.05) is 38.4 Å². The van der Waals surface area contributed by atoms with Crippen LogP contribution >= 0.6 is 0 Å². The number of aromatic amines is 2. The Morgan fingerprint density at radius 1 is 0.661 bits per heavy atom. The fourth-order valence-electron chi connectivity index (χ4n) is 7.80. The van der Waals surface area contributed by atoms with Crippen LogP contribution in [-0.2, 0) is 32.0 Å². The van der Waals surface area contributed by atoms with E-state index in [1.54, 1.807) is 55.8 Å². The molecule has 6 aromatic heterocycles. The highest BCUT2D eigenvalue weighted by Crippen LogP contribution is 2.34. The van der Waals surface area contributed by atoms with Gasteiger partial charge in [-0.2, -0.15) is 20.4 Å². The number of pyridine rings is 2. The van der Waals surface area contributed by atoms with Gasteiger partial charge in [-0.1, -0.05) is 27.7 Å². The van der Waals surface area contributed by atoms with Crippen molar-refractivity contribution in [1.29, 1.82) is 0 Å². The van der Waals surface area contributed by atoms with Crippen molar-refractivity contribution in [1.82, 2.24) is 59.7 Å². The smallest absolute Gasteiger partial charge is 0.313 e. The molecule has 324 valence electrons. The lowest BCUT2D eigenvalue weighted by atomic mass is 9.92. The fourth-order valence-corrected chi connectivity index (χ4v) is 7.80. The van der Waals surface area contributed by atoms with Crippen LogP contribution in [0.25, 0.3) is 11.6 Å². The van der Waals surface area contributed by atoms with Crippen molar-refractivity contribution in [3.05, 3.63) is 96.1 Å². The number of nitrogens with two attached hydrogens (primary N) is 2. The maximum atomic E-state index is 13.1. The summed E-state index contributed by atoms with van der Waals surface area (Å²) in [5, 5.41) is 28.1. The third kappa shape index (κ3) is 9.64. The van der Waals surface area contributed by atoms with Gasteiger partial charge in [0.15, 0.2) is 0 Å². The van der Waals surface area contributed by atoms with E-state index in [0.29, 0.717) is 60.8 Å². The number of rotatable bonds is 8. The van der Waals surface area contributed by atoms with E-state index in [2.05, 4.69) is 65.0 Å². The van der Waals surface area contributed by atoms with Crippen LogP contribution in [0.5, 0.6) is 0 Å². The molecule has 8 N–H and O–H groups in total. The summed E-state index contributed by atoms with van der Waals surface area (Å²) in [4.78, 5) is 63.2. The van der Waals surface area contributed by atoms with Crippen LogP contribution in [0.1, 0.15) is 88.0 Å². The van der Waals surface area contributed by atoms with Crippen LogP contribution in [0.15, 0.2) is 73.6 Å². The van der Waals surface area contributed by atoms with Gasteiger partial charge in [-0.3, -0.25) is 29.4 Å². The molecule has 62 heavy (non-hydrogen) atoms. The molecule has 20 nitrogen and oxygen atoms in total. The Kier molecular flexibility index (Phi) is 13.0. The molecule has 2 aliphatic rings. The number of carbonyl (C=O) groups is 4. The zero-order chi connectivity index (χ0) is 43.9. The highest BCUT2D eigenvalue weighted by atomic mass is 16.2. The fraction of sp³-hybridized carbons (Fsp3) is 0.381. The second-order valence-corrected chi connectivity index (χ2v) is 15.7. The number of H-pyrrole nitrogens is 2. The average molecular weight is 845 g/mol. The molecule has 4 amide bonds. The predicted molar refractivity (Wildman–Crippen MR) is 230 cm³/mol. The highest BCUT2D eigenvalue weighted by molar-refractivity contribution is 6.40. The number of nitrogen functional groups attached to an aromatic ring is 2. The number of piperidine rings is 2.